The van der Waals surface area contributed by atoms with E-state index in [0.29, 0.717) is 5.71 Å². The van der Waals surface area contributed by atoms with Crippen molar-refractivity contribution >= 4 is 5.71 Å². The third-order valence-corrected chi connectivity index (χ3v) is 1.94. The number of hydrogen-bond donors (Lipinski definition) is 1. The molecular weight excluding hydrogens is 146 g/mol. The Bertz CT molecular complexity index is 276. The van der Waals surface area contributed by atoms with Crippen LogP contribution in [0.5, 0.6) is 0 Å². The van der Waals surface area contributed by atoms with E-state index in [0.717, 1.165) is 18.4 Å². The van der Waals surface area contributed by atoms with Gasteiger partial charge in [-0.1, -0.05) is 37.6 Å². The van der Waals surface area contributed by atoms with Crippen LogP contribution in [-0.2, 0) is 6.42 Å². The van der Waals surface area contributed by atoms with Gasteiger partial charge in [-0.3, -0.25) is 0 Å². The van der Waals surface area contributed by atoms with E-state index in [9.17, 15) is 0 Å². The third-order valence-electron chi connectivity index (χ3n) is 1.94. The van der Waals surface area contributed by atoms with Gasteiger partial charge in [0.25, 0.3) is 0 Å². The van der Waals surface area contributed by atoms with Gasteiger partial charge in [0, 0.05) is 5.71 Å². The van der Waals surface area contributed by atoms with Gasteiger partial charge >= 0.3 is 0 Å². The van der Waals surface area contributed by atoms with Crippen molar-refractivity contribution < 1.29 is 0 Å². The summed E-state index contributed by atoms with van der Waals surface area (Å²) in [5, 5.41) is 7.55. The van der Waals surface area contributed by atoms with Crippen LogP contribution >= 0.6 is 0 Å². The summed E-state index contributed by atoms with van der Waals surface area (Å²) in [6, 6.07) is 8.16. The second-order valence-electron chi connectivity index (χ2n) is 3.03. The van der Waals surface area contributed by atoms with Crippen molar-refractivity contribution in [3.63, 3.8) is 0 Å². The van der Waals surface area contributed by atoms with E-state index < -0.39 is 0 Å². The first-order valence-electron chi connectivity index (χ1n) is 4.39. The normalized spacial score (nSPS) is 9.83. The number of rotatable bonds is 3. The van der Waals surface area contributed by atoms with Gasteiger partial charge < -0.3 is 5.41 Å². The lowest BCUT2D eigenvalue weighted by molar-refractivity contribution is 0.919. The summed E-state index contributed by atoms with van der Waals surface area (Å²) in [5.74, 6) is 0. The Balaban J connectivity index is 3.00. The monoisotopic (exact) mass is 161 g/mol. The lowest BCUT2D eigenvalue weighted by Crippen LogP contribution is -1.98. The highest BCUT2D eigenvalue weighted by atomic mass is 14.4. The van der Waals surface area contributed by atoms with Gasteiger partial charge in [-0.05, 0) is 24.5 Å². The zero-order chi connectivity index (χ0) is 8.97. The van der Waals surface area contributed by atoms with Crippen LogP contribution in [0.3, 0.4) is 0 Å². The van der Waals surface area contributed by atoms with E-state index in [4.69, 9.17) is 5.41 Å². The highest BCUT2D eigenvalue weighted by molar-refractivity contribution is 5.97. The molecule has 0 aromatic heterocycles. The minimum Gasteiger partial charge on any atom is -0.305 e. The fourth-order valence-electron chi connectivity index (χ4n) is 1.37. The smallest absolute Gasteiger partial charge is 0.0357 e. The van der Waals surface area contributed by atoms with E-state index in [-0.39, 0.29) is 0 Å². The highest BCUT2D eigenvalue weighted by Crippen LogP contribution is 2.11. The molecule has 1 aromatic rings. The van der Waals surface area contributed by atoms with Crippen molar-refractivity contribution in [1.82, 2.24) is 0 Å². The molecule has 0 aliphatic heterocycles. The van der Waals surface area contributed by atoms with Gasteiger partial charge in [0.15, 0.2) is 0 Å². The van der Waals surface area contributed by atoms with Crippen molar-refractivity contribution in [2.45, 2.75) is 26.7 Å². The number of aryl methyl sites for hydroxylation is 1. The molecule has 1 rings (SSSR count). The van der Waals surface area contributed by atoms with Gasteiger partial charge in [0.05, 0.1) is 0 Å². The SMILES string of the molecule is CCCc1ccccc1C(C)=N. The average Bonchev–Trinajstić information content (AvgIpc) is 2.05. The maximum Gasteiger partial charge on any atom is 0.0357 e. The first-order valence-corrected chi connectivity index (χ1v) is 4.39. The van der Waals surface area contributed by atoms with E-state index in [2.05, 4.69) is 13.0 Å². The molecule has 0 amide bonds. The summed E-state index contributed by atoms with van der Waals surface area (Å²) in [7, 11) is 0. The van der Waals surface area contributed by atoms with Crippen molar-refractivity contribution in [2.75, 3.05) is 0 Å². The zero-order valence-corrected chi connectivity index (χ0v) is 7.72. The molecule has 1 nitrogen and oxygen atoms in total. The van der Waals surface area contributed by atoms with Crippen LogP contribution in [0.1, 0.15) is 31.4 Å². The maximum absolute atomic E-state index is 7.55. The molecule has 0 saturated carbocycles. The van der Waals surface area contributed by atoms with Crippen LogP contribution in [0, 0.1) is 5.41 Å². The quantitative estimate of drug-likeness (QED) is 0.659. The molecule has 0 aliphatic carbocycles. The second kappa shape index (κ2) is 4.05. The van der Waals surface area contributed by atoms with Crippen LogP contribution in [0.25, 0.3) is 0 Å². The van der Waals surface area contributed by atoms with Crippen molar-refractivity contribution in [1.29, 1.82) is 5.41 Å². The van der Waals surface area contributed by atoms with Crippen molar-refractivity contribution in [2.24, 2.45) is 0 Å². The van der Waals surface area contributed by atoms with Crippen LogP contribution in [0.4, 0.5) is 0 Å². The average molecular weight is 161 g/mol. The Hall–Kier alpha value is -1.11. The minimum absolute atomic E-state index is 0.666. The first kappa shape index (κ1) is 8.98. The minimum atomic E-state index is 0.666. The summed E-state index contributed by atoms with van der Waals surface area (Å²) < 4.78 is 0. The lowest BCUT2D eigenvalue weighted by Gasteiger charge is -2.05. The molecule has 12 heavy (non-hydrogen) atoms. The molecule has 0 atom stereocenters. The maximum atomic E-state index is 7.55. The van der Waals surface area contributed by atoms with E-state index in [1.807, 2.05) is 25.1 Å². The van der Waals surface area contributed by atoms with Crippen LogP contribution in [0.2, 0.25) is 0 Å². The Kier molecular flexibility index (Phi) is 3.03. The molecule has 0 fully saturated rings. The van der Waals surface area contributed by atoms with E-state index in [1.165, 1.54) is 5.56 Å². The number of hydrogen-bond acceptors (Lipinski definition) is 1. The van der Waals surface area contributed by atoms with Crippen LogP contribution < -0.4 is 0 Å². The Morgan fingerprint density at radius 3 is 2.58 bits per heavy atom. The Morgan fingerprint density at radius 2 is 2.00 bits per heavy atom. The fourth-order valence-corrected chi connectivity index (χ4v) is 1.37. The summed E-state index contributed by atoms with van der Waals surface area (Å²) in [4.78, 5) is 0. The molecule has 0 aliphatic rings. The molecule has 1 aromatic carbocycles. The molecule has 64 valence electrons. The molecule has 0 spiro atoms. The van der Waals surface area contributed by atoms with Gasteiger partial charge in [0.1, 0.15) is 0 Å². The van der Waals surface area contributed by atoms with Crippen LogP contribution in [-0.4, -0.2) is 5.71 Å². The highest BCUT2D eigenvalue weighted by Gasteiger charge is 2.00. The van der Waals surface area contributed by atoms with E-state index >= 15 is 0 Å². The van der Waals surface area contributed by atoms with E-state index in [1.54, 1.807) is 0 Å². The second-order valence-corrected chi connectivity index (χ2v) is 3.03. The zero-order valence-electron chi connectivity index (χ0n) is 7.72. The summed E-state index contributed by atoms with van der Waals surface area (Å²) in [5.41, 5.74) is 3.06. The largest absolute Gasteiger partial charge is 0.305 e. The molecule has 1 heteroatoms. The summed E-state index contributed by atoms with van der Waals surface area (Å²) >= 11 is 0. The Labute approximate surface area is 73.9 Å². The van der Waals surface area contributed by atoms with Crippen molar-refractivity contribution in [3.8, 4) is 0 Å². The first-order chi connectivity index (χ1) is 5.75. The van der Waals surface area contributed by atoms with Gasteiger partial charge in [-0.15, -0.1) is 0 Å². The Morgan fingerprint density at radius 1 is 1.33 bits per heavy atom. The molecule has 1 N–H and O–H groups in total. The van der Waals surface area contributed by atoms with Crippen molar-refractivity contribution in [3.05, 3.63) is 35.4 Å². The number of nitrogens with one attached hydrogen (secondary N) is 1. The molecule has 0 bridgehead atoms. The fraction of sp³-hybridized carbons (Fsp3) is 0.364. The summed E-state index contributed by atoms with van der Waals surface area (Å²) in [6.45, 7) is 4.00. The molecule has 0 unspecified atom stereocenters. The molecule has 0 heterocycles. The standard InChI is InChI=1S/C11H15N/c1-3-6-10-7-4-5-8-11(10)9(2)12/h4-5,7-8,12H,3,6H2,1-2H3. The predicted octanol–water partition coefficient (Wildman–Crippen LogP) is 3.03. The topological polar surface area (TPSA) is 23.9 Å². The molecular formula is C11H15N. The number of benzene rings is 1. The van der Waals surface area contributed by atoms with Crippen LogP contribution in [0.15, 0.2) is 24.3 Å². The lowest BCUT2D eigenvalue weighted by atomic mass is 10.0. The third kappa shape index (κ3) is 1.94. The molecule has 0 radical (unpaired) electrons. The predicted molar refractivity (Wildman–Crippen MR) is 52.9 cm³/mol. The van der Waals surface area contributed by atoms with Gasteiger partial charge in [-0.2, -0.15) is 0 Å². The van der Waals surface area contributed by atoms with Gasteiger partial charge in [-0.25, -0.2) is 0 Å². The summed E-state index contributed by atoms with van der Waals surface area (Å²) in [6.07, 6.45) is 2.22. The van der Waals surface area contributed by atoms with Gasteiger partial charge in [0.2, 0.25) is 0 Å². The molecule has 0 saturated heterocycles.